The molecule has 6 nitrogen and oxygen atoms in total. The number of amides is 1. The highest BCUT2D eigenvalue weighted by molar-refractivity contribution is 5.69. The Morgan fingerprint density at radius 1 is 1.07 bits per heavy atom. The number of carbonyl (C=O) groups excluding carboxylic acids is 1. The number of carbonyl (C=O) groups is 1. The van der Waals surface area contributed by atoms with Crippen molar-refractivity contribution in [3.63, 3.8) is 0 Å². The maximum atomic E-state index is 12.0. The lowest BCUT2D eigenvalue weighted by Gasteiger charge is -2.40. The Morgan fingerprint density at radius 3 is 2.41 bits per heavy atom. The molecule has 0 spiro atoms. The Labute approximate surface area is 159 Å². The van der Waals surface area contributed by atoms with Gasteiger partial charge in [0, 0.05) is 31.1 Å². The van der Waals surface area contributed by atoms with Crippen molar-refractivity contribution in [1.82, 2.24) is 14.9 Å². The van der Waals surface area contributed by atoms with Crippen LogP contribution in [0, 0.1) is 0 Å². The summed E-state index contributed by atoms with van der Waals surface area (Å²) < 4.78 is 11.2. The normalized spacial score (nSPS) is 17.4. The molecular weight excluding hydrogens is 342 g/mol. The van der Waals surface area contributed by atoms with E-state index < -0.39 is 5.60 Å². The van der Waals surface area contributed by atoms with Gasteiger partial charge in [-0.3, -0.25) is 0 Å². The minimum Gasteiger partial charge on any atom is -0.444 e. The van der Waals surface area contributed by atoms with Crippen LogP contribution in [0.4, 0.5) is 4.79 Å². The Hall–Kier alpha value is -2.63. The van der Waals surface area contributed by atoms with Crippen molar-refractivity contribution >= 4 is 6.09 Å². The Bertz CT molecular complexity index is 819. The first-order valence-electron chi connectivity index (χ1n) is 9.46. The summed E-state index contributed by atoms with van der Waals surface area (Å²) in [6, 6.07) is 10.3. The standard InChI is InChI=1S/C21H25N3O3/c1-21(2,3)27-20(25)24-12-16(13-24)14-6-8-17(9-7-14)26-19-22-11-10-18(23-19)15-4-5-15/h6-11,15-16H,4-5,12-13H2,1-3H3. The van der Waals surface area contributed by atoms with Crippen LogP contribution in [0.3, 0.4) is 0 Å². The Balaban J connectivity index is 1.32. The van der Waals surface area contributed by atoms with Crippen LogP contribution in [-0.2, 0) is 4.74 Å². The topological polar surface area (TPSA) is 64.5 Å². The van der Waals surface area contributed by atoms with Crippen LogP contribution in [-0.4, -0.2) is 39.7 Å². The SMILES string of the molecule is CC(C)(C)OC(=O)N1CC(c2ccc(Oc3nccc(C4CC4)n3)cc2)C1. The van der Waals surface area contributed by atoms with E-state index in [2.05, 4.69) is 9.97 Å². The molecule has 142 valence electrons. The summed E-state index contributed by atoms with van der Waals surface area (Å²) in [5.41, 5.74) is 1.79. The minimum absolute atomic E-state index is 0.244. The first-order chi connectivity index (χ1) is 12.9. The molecule has 2 fully saturated rings. The van der Waals surface area contributed by atoms with E-state index in [4.69, 9.17) is 9.47 Å². The molecule has 0 unspecified atom stereocenters. The number of hydrogen-bond acceptors (Lipinski definition) is 5. The molecule has 1 aliphatic heterocycles. The van der Waals surface area contributed by atoms with E-state index >= 15 is 0 Å². The van der Waals surface area contributed by atoms with Gasteiger partial charge in [-0.05, 0) is 57.4 Å². The lowest BCUT2D eigenvalue weighted by atomic mass is 9.92. The molecule has 2 aromatic rings. The van der Waals surface area contributed by atoms with E-state index in [0.717, 1.165) is 11.4 Å². The van der Waals surface area contributed by atoms with Gasteiger partial charge in [0.2, 0.25) is 0 Å². The molecule has 27 heavy (non-hydrogen) atoms. The monoisotopic (exact) mass is 367 g/mol. The molecule has 2 heterocycles. The Kier molecular flexibility index (Phi) is 4.50. The van der Waals surface area contributed by atoms with Crippen LogP contribution in [0.15, 0.2) is 36.5 Å². The number of nitrogens with zero attached hydrogens (tertiary/aromatic N) is 3. The molecule has 1 saturated carbocycles. The minimum atomic E-state index is -0.458. The lowest BCUT2D eigenvalue weighted by molar-refractivity contribution is 0.00819. The van der Waals surface area contributed by atoms with Crippen LogP contribution in [0.5, 0.6) is 11.8 Å². The van der Waals surface area contributed by atoms with E-state index in [0.29, 0.717) is 30.9 Å². The number of rotatable bonds is 4. The number of aromatic nitrogens is 2. The second-order valence-corrected chi connectivity index (χ2v) is 8.29. The van der Waals surface area contributed by atoms with E-state index in [1.54, 1.807) is 11.1 Å². The van der Waals surface area contributed by atoms with Crippen molar-refractivity contribution < 1.29 is 14.3 Å². The quantitative estimate of drug-likeness (QED) is 0.797. The van der Waals surface area contributed by atoms with Crippen LogP contribution >= 0.6 is 0 Å². The lowest BCUT2D eigenvalue weighted by Crippen LogP contribution is -2.50. The van der Waals surface area contributed by atoms with Gasteiger partial charge in [0.15, 0.2) is 0 Å². The smallest absolute Gasteiger partial charge is 0.410 e. The summed E-state index contributed by atoms with van der Waals surface area (Å²) >= 11 is 0. The van der Waals surface area contributed by atoms with Gasteiger partial charge in [0.25, 0.3) is 0 Å². The zero-order chi connectivity index (χ0) is 19.0. The fourth-order valence-corrected chi connectivity index (χ4v) is 3.09. The molecule has 1 aromatic heterocycles. The average Bonchev–Trinajstić information content (AvgIpc) is 3.39. The molecule has 1 aromatic carbocycles. The van der Waals surface area contributed by atoms with Crippen LogP contribution in [0.2, 0.25) is 0 Å². The third-order valence-electron chi connectivity index (χ3n) is 4.74. The largest absolute Gasteiger partial charge is 0.444 e. The number of hydrogen-bond donors (Lipinski definition) is 0. The van der Waals surface area contributed by atoms with Crippen LogP contribution in [0.25, 0.3) is 0 Å². The van der Waals surface area contributed by atoms with Gasteiger partial charge in [0.1, 0.15) is 11.4 Å². The maximum Gasteiger partial charge on any atom is 0.410 e. The van der Waals surface area contributed by atoms with Gasteiger partial charge in [0.05, 0.1) is 5.69 Å². The fourth-order valence-electron chi connectivity index (χ4n) is 3.09. The third-order valence-corrected chi connectivity index (χ3v) is 4.74. The molecule has 1 saturated heterocycles. The summed E-state index contributed by atoms with van der Waals surface area (Å²) in [5.74, 6) is 1.63. The third kappa shape index (κ3) is 4.38. The van der Waals surface area contributed by atoms with Crippen molar-refractivity contribution in [2.75, 3.05) is 13.1 Å². The number of likely N-dealkylation sites (tertiary alicyclic amines) is 1. The molecule has 0 atom stereocenters. The zero-order valence-corrected chi connectivity index (χ0v) is 16.0. The van der Waals surface area contributed by atoms with Gasteiger partial charge >= 0.3 is 12.1 Å². The molecule has 1 amide bonds. The summed E-state index contributed by atoms with van der Waals surface area (Å²) in [7, 11) is 0. The molecular formula is C21H25N3O3. The number of ether oxygens (including phenoxy) is 2. The number of benzene rings is 1. The molecule has 1 aliphatic carbocycles. The first kappa shape index (κ1) is 17.8. The summed E-state index contributed by atoms with van der Waals surface area (Å²) in [5, 5.41) is 0. The molecule has 0 N–H and O–H groups in total. The summed E-state index contributed by atoms with van der Waals surface area (Å²) in [4.78, 5) is 22.4. The van der Waals surface area contributed by atoms with E-state index in [9.17, 15) is 4.79 Å². The van der Waals surface area contributed by atoms with Gasteiger partial charge in [-0.15, -0.1) is 0 Å². The van der Waals surface area contributed by atoms with E-state index in [1.807, 2.05) is 51.1 Å². The predicted molar refractivity (Wildman–Crippen MR) is 101 cm³/mol. The summed E-state index contributed by atoms with van der Waals surface area (Å²) in [6.45, 7) is 7.00. The highest BCUT2D eigenvalue weighted by Gasteiger charge is 2.34. The van der Waals surface area contributed by atoms with Gasteiger partial charge in [-0.2, -0.15) is 4.98 Å². The molecule has 6 heteroatoms. The van der Waals surface area contributed by atoms with Crippen molar-refractivity contribution in [3.8, 4) is 11.8 Å². The average molecular weight is 367 g/mol. The predicted octanol–water partition coefficient (Wildman–Crippen LogP) is 4.48. The molecule has 4 rings (SSSR count). The second-order valence-electron chi connectivity index (χ2n) is 8.29. The maximum absolute atomic E-state index is 12.0. The van der Waals surface area contributed by atoms with Crippen LogP contribution < -0.4 is 4.74 Å². The first-order valence-corrected chi connectivity index (χ1v) is 9.46. The van der Waals surface area contributed by atoms with E-state index in [-0.39, 0.29) is 6.09 Å². The van der Waals surface area contributed by atoms with Gasteiger partial charge in [-0.25, -0.2) is 9.78 Å². The highest BCUT2D eigenvalue weighted by atomic mass is 16.6. The Morgan fingerprint density at radius 2 is 1.78 bits per heavy atom. The zero-order valence-electron chi connectivity index (χ0n) is 16.0. The van der Waals surface area contributed by atoms with E-state index in [1.165, 1.54) is 18.4 Å². The van der Waals surface area contributed by atoms with Crippen molar-refractivity contribution in [1.29, 1.82) is 0 Å². The van der Waals surface area contributed by atoms with Crippen molar-refractivity contribution in [3.05, 3.63) is 47.8 Å². The van der Waals surface area contributed by atoms with Crippen LogP contribution in [0.1, 0.15) is 56.7 Å². The second kappa shape index (κ2) is 6.83. The van der Waals surface area contributed by atoms with Gasteiger partial charge < -0.3 is 14.4 Å². The van der Waals surface area contributed by atoms with Crippen molar-refractivity contribution in [2.24, 2.45) is 0 Å². The molecule has 0 bridgehead atoms. The van der Waals surface area contributed by atoms with Crippen molar-refractivity contribution in [2.45, 2.75) is 51.0 Å². The summed E-state index contributed by atoms with van der Waals surface area (Å²) in [6.07, 6.45) is 3.91. The van der Waals surface area contributed by atoms with Gasteiger partial charge in [-0.1, -0.05) is 12.1 Å². The molecule has 0 radical (unpaired) electrons. The highest BCUT2D eigenvalue weighted by Crippen LogP contribution is 2.39. The molecule has 2 aliphatic rings. The fraction of sp³-hybridized carbons (Fsp3) is 0.476.